The van der Waals surface area contributed by atoms with Gasteiger partial charge in [-0.1, -0.05) is 24.7 Å². The summed E-state index contributed by atoms with van der Waals surface area (Å²) in [6, 6.07) is 0. The second-order valence-corrected chi connectivity index (χ2v) is 6.17. The molecule has 2 amide bonds. The Kier molecular flexibility index (Phi) is 2.62. The minimum atomic E-state index is -0.242. The fourth-order valence-corrected chi connectivity index (χ4v) is 3.23. The molecule has 2 N–H and O–H groups in total. The fourth-order valence-electron chi connectivity index (χ4n) is 2.31. The van der Waals surface area contributed by atoms with E-state index in [1.807, 2.05) is 6.92 Å². The zero-order chi connectivity index (χ0) is 12.8. The van der Waals surface area contributed by atoms with E-state index in [4.69, 9.17) is 0 Å². The van der Waals surface area contributed by atoms with Crippen LogP contribution in [0.1, 0.15) is 41.6 Å². The van der Waals surface area contributed by atoms with Gasteiger partial charge in [-0.2, -0.15) is 0 Å². The van der Waals surface area contributed by atoms with Crippen molar-refractivity contribution in [2.24, 2.45) is 5.41 Å². The number of hydrogen-bond acceptors (Lipinski definition) is 4. The molecule has 0 radical (unpaired) electrons. The number of fused-ring (bicyclic) bond motifs is 1. The third-order valence-corrected chi connectivity index (χ3v) is 4.79. The Morgan fingerprint density at radius 2 is 2.28 bits per heavy atom. The first-order valence-electron chi connectivity index (χ1n) is 6.18. The van der Waals surface area contributed by atoms with E-state index in [9.17, 15) is 9.59 Å². The predicted octanol–water partition coefficient (Wildman–Crippen LogP) is 1.56. The molecule has 96 valence electrons. The van der Waals surface area contributed by atoms with Crippen LogP contribution in [0.4, 0.5) is 5.13 Å². The summed E-state index contributed by atoms with van der Waals surface area (Å²) in [6.07, 6.45) is 3.72. The van der Waals surface area contributed by atoms with Crippen LogP contribution in [0.2, 0.25) is 0 Å². The molecule has 1 aliphatic carbocycles. The summed E-state index contributed by atoms with van der Waals surface area (Å²) in [5.74, 6) is -0.0515. The van der Waals surface area contributed by atoms with Gasteiger partial charge in [0.25, 0.3) is 5.91 Å². The number of carbonyl (C=O) groups is 2. The molecule has 2 heterocycles. The highest BCUT2D eigenvalue weighted by atomic mass is 32.1. The van der Waals surface area contributed by atoms with Crippen molar-refractivity contribution in [2.45, 2.75) is 32.6 Å². The number of hydrogen-bond donors (Lipinski definition) is 2. The maximum Gasteiger partial charge on any atom is 0.263 e. The molecule has 0 bridgehead atoms. The van der Waals surface area contributed by atoms with Crippen molar-refractivity contribution in [2.75, 3.05) is 11.9 Å². The normalized spacial score (nSPS) is 20.6. The van der Waals surface area contributed by atoms with Crippen molar-refractivity contribution in [1.29, 1.82) is 0 Å². The Bertz CT molecular complexity index is 519. The van der Waals surface area contributed by atoms with E-state index in [2.05, 4.69) is 15.6 Å². The minimum Gasteiger partial charge on any atom is -0.351 e. The van der Waals surface area contributed by atoms with Crippen molar-refractivity contribution < 1.29 is 9.59 Å². The number of thiazole rings is 1. The first-order valence-corrected chi connectivity index (χ1v) is 6.99. The first-order chi connectivity index (χ1) is 8.58. The van der Waals surface area contributed by atoms with Gasteiger partial charge in [0.05, 0.1) is 5.69 Å². The van der Waals surface area contributed by atoms with E-state index in [0.717, 1.165) is 31.4 Å². The standard InChI is InChI=1S/C12H15N3O2S/c1-12(4-2-5-12)10(17)15-11-14-7-3-6-13-9(16)8(7)18-11/h2-6H2,1H3,(H,13,16)(H,14,15,17). The van der Waals surface area contributed by atoms with Crippen LogP contribution in [-0.2, 0) is 11.2 Å². The summed E-state index contributed by atoms with van der Waals surface area (Å²) in [6.45, 7) is 2.60. The van der Waals surface area contributed by atoms with Crippen LogP contribution in [-0.4, -0.2) is 23.3 Å². The largest absolute Gasteiger partial charge is 0.351 e. The van der Waals surface area contributed by atoms with E-state index in [-0.39, 0.29) is 17.2 Å². The van der Waals surface area contributed by atoms with Gasteiger partial charge >= 0.3 is 0 Å². The highest BCUT2D eigenvalue weighted by molar-refractivity contribution is 7.17. The number of nitrogens with zero attached hydrogens (tertiary/aromatic N) is 1. The van der Waals surface area contributed by atoms with Gasteiger partial charge in [-0.05, 0) is 12.8 Å². The third kappa shape index (κ3) is 1.80. The molecular formula is C12H15N3O2S. The van der Waals surface area contributed by atoms with Crippen molar-refractivity contribution in [3.05, 3.63) is 10.6 Å². The van der Waals surface area contributed by atoms with E-state index in [1.165, 1.54) is 11.3 Å². The van der Waals surface area contributed by atoms with Crippen molar-refractivity contribution in [1.82, 2.24) is 10.3 Å². The molecular weight excluding hydrogens is 250 g/mol. The lowest BCUT2D eigenvalue weighted by Crippen LogP contribution is -2.39. The summed E-state index contributed by atoms with van der Waals surface area (Å²) < 4.78 is 0. The van der Waals surface area contributed by atoms with E-state index < -0.39 is 0 Å². The Hall–Kier alpha value is -1.43. The van der Waals surface area contributed by atoms with E-state index in [0.29, 0.717) is 16.6 Å². The van der Waals surface area contributed by atoms with Crippen LogP contribution in [0.15, 0.2) is 0 Å². The van der Waals surface area contributed by atoms with Crippen molar-refractivity contribution >= 4 is 28.3 Å². The van der Waals surface area contributed by atoms with Gasteiger partial charge in [0.1, 0.15) is 4.88 Å². The van der Waals surface area contributed by atoms with Crippen molar-refractivity contribution in [3.63, 3.8) is 0 Å². The van der Waals surface area contributed by atoms with Crippen molar-refractivity contribution in [3.8, 4) is 0 Å². The molecule has 1 aromatic heterocycles. The monoisotopic (exact) mass is 265 g/mol. The number of rotatable bonds is 2. The lowest BCUT2D eigenvalue weighted by molar-refractivity contribution is -0.128. The number of carbonyl (C=O) groups excluding carboxylic acids is 2. The van der Waals surface area contributed by atoms with Gasteiger partial charge in [0, 0.05) is 18.4 Å². The van der Waals surface area contributed by atoms with Gasteiger partial charge in [-0.15, -0.1) is 0 Å². The zero-order valence-corrected chi connectivity index (χ0v) is 11.0. The first kappa shape index (κ1) is 11.6. The molecule has 0 spiro atoms. The molecule has 5 nitrogen and oxygen atoms in total. The van der Waals surface area contributed by atoms with Crippen LogP contribution in [0.5, 0.6) is 0 Å². The Morgan fingerprint density at radius 1 is 1.50 bits per heavy atom. The lowest BCUT2D eigenvalue weighted by Gasteiger charge is -2.36. The molecule has 1 aliphatic heterocycles. The molecule has 0 saturated heterocycles. The number of amides is 2. The highest BCUT2D eigenvalue weighted by Crippen LogP contribution is 2.41. The van der Waals surface area contributed by atoms with Gasteiger partial charge in [-0.3, -0.25) is 9.59 Å². The molecule has 0 unspecified atom stereocenters. The van der Waals surface area contributed by atoms with Crippen LogP contribution in [0.3, 0.4) is 0 Å². The summed E-state index contributed by atoms with van der Waals surface area (Å²) in [5.41, 5.74) is 0.562. The number of aromatic nitrogens is 1. The number of anilines is 1. The van der Waals surface area contributed by atoms with Crippen LogP contribution < -0.4 is 10.6 Å². The average Bonchev–Trinajstić information content (AvgIpc) is 2.70. The molecule has 0 aromatic carbocycles. The van der Waals surface area contributed by atoms with E-state index in [1.54, 1.807) is 0 Å². The Morgan fingerprint density at radius 3 is 2.89 bits per heavy atom. The molecule has 1 aromatic rings. The van der Waals surface area contributed by atoms with E-state index >= 15 is 0 Å². The van der Waals surface area contributed by atoms with Gasteiger partial charge in [0.15, 0.2) is 5.13 Å². The lowest BCUT2D eigenvalue weighted by atomic mass is 9.70. The summed E-state index contributed by atoms with van der Waals surface area (Å²) in [5, 5.41) is 6.18. The molecule has 18 heavy (non-hydrogen) atoms. The number of nitrogens with one attached hydrogen (secondary N) is 2. The fraction of sp³-hybridized carbons (Fsp3) is 0.583. The molecule has 6 heteroatoms. The predicted molar refractivity (Wildman–Crippen MR) is 68.7 cm³/mol. The van der Waals surface area contributed by atoms with Crippen LogP contribution in [0.25, 0.3) is 0 Å². The zero-order valence-electron chi connectivity index (χ0n) is 10.2. The minimum absolute atomic E-state index is 0.0280. The summed E-state index contributed by atoms with van der Waals surface area (Å²) in [7, 11) is 0. The Labute approximate surface area is 109 Å². The average molecular weight is 265 g/mol. The molecule has 0 atom stereocenters. The second kappa shape index (κ2) is 4.05. The summed E-state index contributed by atoms with van der Waals surface area (Å²) >= 11 is 1.27. The summed E-state index contributed by atoms with van der Waals surface area (Å²) in [4.78, 5) is 28.6. The smallest absolute Gasteiger partial charge is 0.263 e. The molecule has 3 rings (SSSR count). The second-order valence-electron chi connectivity index (χ2n) is 5.17. The quantitative estimate of drug-likeness (QED) is 0.852. The maximum absolute atomic E-state index is 12.1. The molecule has 2 aliphatic rings. The molecule has 1 fully saturated rings. The maximum atomic E-state index is 12.1. The highest BCUT2D eigenvalue weighted by Gasteiger charge is 2.39. The van der Waals surface area contributed by atoms with Gasteiger partial charge < -0.3 is 10.6 Å². The van der Waals surface area contributed by atoms with Crippen LogP contribution >= 0.6 is 11.3 Å². The van der Waals surface area contributed by atoms with Crippen LogP contribution in [0, 0.1) is 5.41 Å². The SMILES string of the molecule is CC1(C(=O)Nc2nc3c(s2)C(=O)NCC3)CCC1. The molecule has 1 saturated carbocycles. The topological polar surface area (TPSA) is 71.1 Å². The third-order valence-electron chi connectivity index (χ3n) is 3.78. The van der Waals surface area contributed by atoms with Gasteiger partial charge in [-0.25, -0.2) is 4.98 Å². The van der Waals surface area contributed by atoms with Gasteiger partial charge in [0.2, 0.25) is 5.91 Å². The Balaban J connectivity index is 1.77.